The van der Waals surface area contributed by atoms with Crippen LogP contribution in [0.15, 0.2) is 60.1 Å². The van der Waals surface area contributed by atoms with Crippen LogP contribution in [0.3, 0.4) is 0 Å². The highest BCUT2D eigenvalue weighted by atomic mass is 32.1. The molecular weight excluding hydrogens is 396 g/mol. The van der Waals surface area contributed by atoms with Gasteiger partial charge in [0.05, 0.1) is 6.42 Å². The highest BCUT2D eigenvalue weighted by molar-refractivity contribution is 7.10. The molecule has 158 valence electrons. The maximum atomic E-state index is 13.5. The number of hydrogen-bond donors (Lipinski definition) is 1. The van der Waals surface area contributed by atoms with Crippen LogP contribution in [0.2, 0.25) is 0 Å². The second-order valence-corrected chi connectivity index (χ2v) is 8.41. The van der Waals surface area contributed by atoms with Gasteiger partial charge in [-0.25, -0.2) is 0 Å². The number of nitrogens with zero attached hydrogens (tertiary/aromatic N) is 3. The number of thiophene rings is 1. The van der Waals surface area contributed by atoms with Gasteiger partial charge >= 0.3 is 0 Å². The van der Waals surface area contributed by atoms with E-state index in [-0.39, 0.29) is 24.3 Å². The lowest BCUT2D eigenvalue weighted by Crippen LogP contribution is -2.47. The van der Waals surface area contributed by atoms with E-state index >= 15 is 0 Å². The summed E-state index contributed by atoms with van der Waals surface area (Å²) in [5, 5.41) is 9.48. The first-order valence-corrected chi connectivity index (χ1v) is 11.1. The van der Waals surface area contributed by atoms with Gasteiger partial charge in [0, 0.05) is 30.2 Å². The number of anilines is 1. The third kappa shape index (κ3) is 5.36. The molecule has 0 aliphatic heterocycles. The van der Waals surface area contributed by atoms with Gasteiger partial charge < -0.3 is 5.32 Å². The SMILES string of the molecule is CCCC(C)NC(=O)C(c1ccccc1)N(C(=O)Cc1cccs1)c1ccn(C)n1. The zero-order chi connectivity index (χ0) is 21.5. The highest BCUT2D eigenvalue weighted by Crippen LogP contribution is 2.28. The summed E-state index contributed by atoms with van der Waals surface area (Å²) in [6.45, 7) is 4.07. The van der Waals surface area contributed by atoms with Gasteiger partial charge in [0.25, 0.3) is 0 Å². The summed E-state index contributed by atoms with van der Waals surface area (Å²) < 4.78 is 1.64. The Hall–Kier alpha value is -2.93. The van der Waals surface area contributed by atoms with Crippen LogP contribution >= 0.6 is 11.3 Å². The maximum absolute atomic E-state index is 13.5. The van der Waals surface area contributed by atoms with E-state index in [0.29, 0.717) is 5.82 Å². The molecule has 0 aliphatic carbocycles. The summed E-state index contributed by atoms with van der Waals surface area (Å²) in [7, 11) is 1.80. The lowest BCUT2D eigenvalue weighted by atomic mass is 10.0. The molecule has 2 unspecified atom stereocenters. The molecule has 0 saturated carbocycles. The fourth-order valence-electron chi connectivity index (χ4n) is 3.46. The predicted octanol–water partition coefficient (Wildman–Crippen LogP) is 4.10. The molecule has 0 spiro atoms. The van der Waals surface area contributed by atoms with Crippen molar-refractivity contribution in [1.29, 1.82) is 0 Å². The quantitative estimate of drug-likeness (QED) is 0.562. The number of amides is 2. The Morgan fingerprint density at radius 3 is 2.53 bits per heavy atom. The van der Waals surface area contributed by atoms with Gasteiger partial charge in [0.1, 0.15) is 6.04 Å². The molecule has 2 amide bonds. The summed E-state index contributed by atoms with van der Waals surface area (Å²) in [4.78, 5) is 29.4. The number of nitrogens with one attached hydrogen (secondary N) is 1. The van der Waals surface area contributed by atoms with E-state index in [1.165, 1.54) is 16.2 Å². The van der Waals surface area contributed by atoms with E-state index in [1.807, 2.05) is 54.8 Å². The van der Waals surface area contributed by atoms with Crippen LogP contribution in [0.4, 0.5) is 5.82 Å². The molecule has 3 aromatic rings. The third-order valence-corrected chi connectivity index (χ3v) is 5.73. The minimum atomic E-state index is -0.798. The molecular formula is C23H28N4O2S. The van der Waals surface area contributed by atoms with Crippen LogP contribution in [0.5, 0.6) is 0 Å². The molecule has 2 atom stereocenters. The van der Waals surface area contributed by atoms with Crippen LogP contribution in [-0.2, 0) is 23.1 Å². The smallest absolute Gasteiger partial charge is 0.248 e. The zero-order valence-corrected chi connectivity index (χ0v) is 18.4. The fraction of sp³-hybridized carbons (Fsp3) is 0.348. The molecule has 3 rings (SSSR count). The van der Waals surface area contributed by atoms with Crippen molar-refractivity contribution in [3.8, 4) is 0 Å². The number of hydrogen-bond acceptors (Lipinski definition) is 4. The van der Waals surface area contributed by atoms with E-state index in [0.717, 1.165) is 23.3 Å². The van der Waals surface area contributed by atoms with Gasteiger partial charge in [-0.3, -0.25) is 19.2 Å². The second-order valence-electron chi connectivity index (χ2n) is 7.38. The number of carbonyl (C=O) groups excluding carboxylic acids is 2. The topological polar surface area (TPSA) is 67.2 Å². The second kappa shape index (κ2) is 10.2. The van der Waals surface area contributed by atoms with Crippen LogP contribution in [0, 0.1) is 0 Å². The van der Waals surface area contributed by atoms with E-state index in [9.17, 15) is 9.59 Å². The largest absolute Gasteiger partial charge is 0.352 e. The molecule has 7 heteroatoms. The van der Waals surface area contributed by atoms with Crippen molar-refractivity contribution >= 4 is 29.0 Å². The number of rotatable bonds is 9. The minimum absolute atomic E-state index is 0.0201. The molecule has 0 radical (unpaired) electrons. The van der Waals surface area contributed by atoms with Gasteiger partial charge in [-0.1, -0.05) is 49.7 Å². The van der Waals surface area contributed by atoms with Crippen molar-refractivity contribution in [2.24, 2.45) is 7.05 Å². The van der Waals surface area contributed by atoms with Crippen LogP contribution in [0.25, 0.3) is 0 Å². The van der Waals surface area contributed by atoms with E-state index < -0.39 is 6.04 Å². The lowest BCUT2D eigenvalue weighted by molar-refractivity contribution is -0.127. The van der Waals surface area contributed by atoms with Crippen molar-refractivity contribution in [2.45, 2.75) is 45.2 Å². The summed E-state index contributed by atoms with van der Waals surface area (Å²) in [6.07, 6.45) is 3.84. The molecule has 2 aromatic heterocycles. The molecule has 0 saturated heterocycles. The standard InChI is InChI=1S/C23H28N4O2S/c1-4-9-17(2)24-23(29)22(18-10-6-5-7-11-18)27(20-13-14-26(3)25-20)21(28)16-19-12-8-15-30-19/h5-8,10-15,17,22H,4,9,16H2,1-3H3,(H,24,29). The molecule has 0 fully saturated rings. The molecule has 0 aliphatic rings. The van der Waals surface area contributed by atoms with Crippen molar-refractivity contribution in [2.75, 3.05) is 4.90 Å². The molecule has 2 heterocycles. The highest BCUT2D eigenvalue weighted by Gasteiger charge is 2.34. The lowest BCUT2D eigenvalue weighted by Gasteiger charge is -2.30. The zero-order valence-electron chi connectivity index (χ0n) is 17.6. The van der Waals surface area contributed by atoms with Gasteiger partial charge in [-0.2, -0.15) is 5.10 Å². The van der Waals surface area contributed by atoms with Crippen LogP contribution in [-0.4, -0.2) is 27.6 Å². The monoisotopic (exact) mass is 424 g/mol. The van der Waals surface area contributed by atoms with Gasteiger partial charge in [-0.05, 0) is 30.4 Å². The first kappa shape index (κ1) is 21.8. The van der Waals surface area contributed by atoms with Crippen LogP contribution in [0.1, 0.15) is 43.2 Å². The van der Waals surface area contributed by atoms with E-state index in [1.54, 1.807) is 24.0 Å². The third-order valence-electron chi connectivity index (χ3n) is 4.85. The molecule has 30 heavy (non-hydrogen) atoms. The van der Waals surface area contributed by atoms with Crippen LogP contribution < -0.4 is 10.2 Å². The normalized spacial score (nSPS) is 12.9. The van der Waals surface area contributed by atoms with Gasteiger partial charge in [0.15, 0.2) is 5.82 Å². The molecule has 1 N–H and O–H groups in total. The number of aromatic nitrogens is 2. The Bertz CT molecular complexity index is 953. The summed E-state index contributed by atoms with van der Waals surface area (Å²) in [5.41, 5.74) is 0.754. The Kier molecular flexibility index (Phi) is 7.41. The number of carbonyl (C=O) groups is 2. The molecule has 0 bridgehead atoms. The van der Waals surface area contributed by atoms with Gasteiger partial charge in [-0.15, -0.1) is 11.3 Å². The van der Waals surface area contributed by atoms with Gasteiger partial charge in [0.2, 0.25) is 11.8 Å². The fourth-order valence-corrected chi connectivity index (χ4v) is 4.16. The number of aryl methyl sites for hydroxylation is 1. The average molecular weight is 425 g/mol. The predicted molar refractivity (Wildman–Crippen MR) is 120 cm³/mol. The Labute approximate surface area is 181 Å². The van der Waals surface area contributed by atoms with E-state index in [4.69, 9.17) is 0 Å². The van der Waals surface area contributed by atoms with E-state index in [2.05, 4.69) is 17.3 Å². The van der Waals surface area contributed by atoms with Crippen molar-refractivity contribution in [3.05, 3.63) is 70.5 Å². The Balaban J connectivity index is 2.01. The Morgan fingerprint density at radius 2 is 1.93 bits per heavy atom. The Morgan fingerprint density at radius 1 is 1.17 bits per heavy atom. The minimum Gasteiger partial charge on any atom is -0.352 e. The summed E-state index contributed by atoms with van der Waals surface area (Å²) in [6, 6.07) is 14.3. The first-order valence-electron chi connectivity index (χ1n) is 10.2. The first-order chi connectivity index (χ1) is 14.5. The average Bonchev–Trinajstić information content (AvgIpc) is 3.38. The maximum Gasteiger partial charge on any atom is 0.248 e. The molecule has 1 aromatic carbocycles. The summed E-state index contributed by atoms with van der Waals surface area (Å²) >= 11 is 1.53. The van der Waals surface area contributed by atoms with Crippen molar-refractivity contribution in [1.82, 2.24) is 15.1 Å². The van der Waals surface area contributed by atoms with Crippen molar-refractivity contribution in [3.63, 3.8) is 0 Å². The number of benzene rings is 1. The molecule has 6 nitrogen and oxygen atoms in total. The van der Waals surface area contributed by atoms with Crippen molar-refractivity contribution < 1.29 is 9.59 Å². The summed E-state index contributed by atoms with van der Waals surface area (Å²) in [5.74, 6) is 0.0989.